The average Bonchev–Trinajstić information content (AvgIpc) is 2.48. The number of methoxy groups -OCH3 is 1. The number of hydrogen-bond donors (Lipinski definition) is 1. The molecular formula is C16H17Cl2NO2. The number of nitrogens with one attached hydrogen (secondary N) is 1. The molecule has 1 N–H and O–H groups in total. The summed E-state index contributed by atoms with van der Waals surface area (Å²) in [5.41, 5.74) is 1.02. The number of halogens is 2. The van der Waals surface area contributed by atoms with E-state index in [2.05, 4.69) is 5.32 Å². The van der Waals surface area contributed by atoms with Crippen LogP contribution in [0.15, 0.2) is 42.5 Å². The van der Waals surface area contributed by atoms with Crippen LogP contribution in [0.1, 0.15) is 5.56 Å². The molecule has 0 amide bonds. The molecule has 0 aliphatic carbocycles. The smallest absolute Gasteiger partial charge is 0.128 e. The monoisotopic (exact) mass is 325 g/mol. The van der Waals surface area contributed by atoms with E-state index in [1.54, 1.807) is 19.2 Å². The first-order valence-electron chi connectivity index (χ1n) is 6.60. The van der Waals surface area contributed by atoms with Crippen molar-refractivity contribution in [2.45, 2.75) is 6.54 Å². The maximum atomic E-state index is 6.26. The summed E-state index contributed by atoms with van der Waals surface area (Å²) >= 11 is 12.1. The van der Waals surface area contributed by atoms with Gasteiger partial charge in [0, 0.05) is 30.2 Å². The van der Waals surface area contributed by atoms with Crippen molar-refractivity contribution in [2.75, 3.05) is 20.3 Å². The molecular weight excluding hydrogens is 309 g/mol. The minimum Gasteiger partial charge on any atom is -0.457 e. The van der Waals surface area contributed by atoms with Crippen molar-refractivity contribution in [1.29, 1.82) is 0 Å². The molecule has 2 rings (SSSR count). The molecule has 0 unspecified atom stereocenters. The van der Waals surface area contributed by atoms with E-state index in [1.165, 1.54) is 0 Å². The van der Waals surface area contributed by atoms with Crippen LogP contribution in [0.2, 0.25) is 10.0 Å². The standard InChI is InChI=1S/C16H17Cl2NO2/c1-20-9-8-19-11-12-2-5-15(10-16(12)18)21-14-6-3-13(17)4-7-14/h2-7,10,19H,8-9,11H2,1H3. The lowest BCUT2D eigenvalue weighted by atomic mass is 10.2. The summed E-state index contributed by atoms with van der Waals surface area (Å²) in [6, 6.07) is 12.9. The Labute approximate surface area is 134 Å². The van der Waals surface area contributed by atoms with Gasteiger partial charge in [-0.2, -0.15) is 0 Å². The second kappa shape index (κ2) is 8.25. The van der Waals surface area contributed by atoms with E-state index in [-0.39, 0.29) is 0 Å². The molecule has 0 fully saturated rings. The van der Waals surface area contributed by atoms with Gasteiger partial charge in [-0.15, -0.1) is 0 Å². The van der Waals surface area contributed by atoms with Crippen molar-refractivity contribution < 1.29 is 9.47 Å². The zero-order valence-electron chi connectivity index (χ0n) is 11.7. The van der Waals surface area contributed by atoms with Gasteiger partial charge in [0.15, 0.2) is 0 Å². The summed E-state index contributed by atoms with van der Waals surface area (Å²) in [5, 5.41) is 4.61. The fourth-order valence-electron chi connectivity index (χ4n) is 1.77. The van der Waals surface area contributed by atoms with E-state index in [0.717, 1.165) is 17.9 Å². The van der Waals surface area contributed by atoms with Crippen molar-refractivity contribution in [3.05, 3.63) is 58.1 Å². The zero-order chi connectivity index (χ0) is 15.1. The molecule has 112 valence electrons. The van der Waals surface area contributed by atoms with Crippen LogP contribution < -0.4 is 10.1 Å². The van der Waals surface area contributed by atoms with Crippen LogP contribution in [-0.2, 0) is 11.3 Å². The first-order chi connectivity index (χ1) is 10.2. The second-order valence-electron chi connectivity index (χ2n) is 4.48. The SMILES string of the molecule is COCCNCc1ccc(Oc2ccc(Cl)cc2)cc1Cl. The Kier molecular flexibility index (Phi) is 6.33. The summed E-state index contributed by atoms with van der Waals surface area (Å²) in [7, 11) is 1.68. The summed E-state index contributed by atoms with van der Waals surface area (Å²) < 4.78 is 10.7. The molecule has 0 aliphatic rings. The molecule has 5 heteroatoms. The first-order valence-corrected chi connectivity index (χ1v) is 7.36. The second-order valence-corrected chi connectivity index (χ2v) is 5.32. The maximum absolute atomic E-state index is 6.26. The molecule has 0 bridgehead atoms. The molecule has 3 nitrogen and oxygen atoms in total. The third-order valence-electron chi connectivity index (χ3n) is 2.87. The summed E-state index contributed by atoms with van der Waals surface area (Å²) in [6.45, 7) is 2.16. The molecule has 0 atom stereocenters. The van der Waals surface area contributed by atoms with Gasteiger partial charge >= 0.3 is 0 Å². The lowest BCUT2D eigenvalue weighted by Gasteiger charge is -2.10. The minimum atomic E-state index is 0.673. The van der Waals surface area contributed by atoms with Crippen LogP contribution in [0.3, 0.4) is 0 Å². The largest absolute Gasteiger partial charge is 0.457 e. The molecule has 0 heterocycles. The fourth-order valence-corrected chi connectivity index (χ4v) is 2.13. The van der Waals surface area contributed by atoms with Gasteiger partial charge in [-0.05, 0) is 42.0 Å². The van der Waals surface area contributed by atoms with E-state index >= 15 is 0 Å². The average molecular weight is 326 g/mol. The third-order valence-corrected chi connectivity index (χ3v) is 3.48. The van der Waals surface area contributed by atoms with E-state index < -0.39 is 0 Å². The normalized spacial score (nSPS) is 10.6. The molecule has 0 aromatic heterocycles. The van der Waals surface area contributed by atoms with Crippen LogP contribution in [0.4, 0.5) is 0 Å². The Balaban J connectivity index is 1.96. The van der Waals surface area contributed by atoms with Crippen molar-refractivity contribution in [1.82, 2.24) is 5.32 Å². The predicted molar refractivity (Wildman–Crippen MR) is 86.6 cm³/mol. The van der Waals surface area contributed by atoms with Gasteiger partial charge in [0.25, 0.3) is 0 Å². The van der Waals surface area contributed by atoms with Crippen molar-refractivity contribution >= 4 is 23.2 Å². The molecule has 0 aliphatic heterocycles. The summed E-state index contributed by atoms with van der Waals surface area (Å²) in [6.07, 6.45) is 0. The van der Waals surface area contributed by atoms with Gasteiger partial charge < -0.3 is 14.8 Å². The van der Waals surface area contributed by atoms with Gasteiger partial charge in [0.1, 0.15) is 11.5 Å². The van der Waals surface area contributed by atoms with Gasteiger partial charge in [-0.25, -0.2) is 0 Å². The van der Waals surface area contributed by atoms with E-state index in [4.69, 9.17) is 32.7 Å². The highest BCUT2D eigenvalue weighted by Gasteiger charge is 2.04. The van der Waals surface area contributed by atoms with Crippen LogP contribution in [0, 0.1) is 0 Å². The summed E-state index contributed by atoms with van der Waals surface area (Å²) in [5.74, 6) is 1.42. The third kappa shape index (κ3) is 5.21. The van der Waals surface area contributed by atoms with Gasteiger partial charge in [-0.1, -0.05) is 29.3 Å². The predicted octanol–water partition coefficient (Wildman–Crippen LogP) is 4.52. The van der Waals surface area contributed by atoms with Crippen molar-refractivity contribution in [2.24, 2.45) is 0 Å². The topological polar surface area (TPSA) is 30.5 Å². The van der Waals surface area contributed by atoms with Crippen LogP contribution >= 0.6 is 23.2 Å². The Morgan fingerprint density at radius 2 is 1.71 bits per heavy atom. The molecule has 0 spiro atoms. The Morgan fingerprint density at radius 3 is 2.38 bits per heavy atom. The van der Waals surface area contributed by atoms with Gasteiger partial charge in [0.2, 0.25) is 0 Å². The molecule has 0 radical (unpaired) electrons. The first kappa shape index (κ1) is 16.1. The van der Waals surface area contributed by atoms with Crippen molar-refractivity contribution in [3.8, 4) is 11.5 Å². The van der Waals surface area contributed by atoms with E-state index in [0.29, 0.717) is 28.9 Å². The number of ether oxygens (including phenoxy) is 2. The lowest BCUT2D eigenvalue weighted by Crippen LogP contribution is -2.18. The van der Waals surface area contributed by atoms with E-state index in [1.807, 2.05) is 30.3 Å². The molecule has 21 heavy (non-hydrogen) atoms. The van der Waals surface area contributed by atoms with Crippen LogP contribution in [0.25, 0.3) is 0 Å². The highest BCUT2D eigenvalue weighted by Crippen LogP contribution is 2.27. The lowest BCUT2D eigenvalue weighted by molar-refractivity contribution is 0.199. The number of rotatable bonds is 7. The molecule has 0 saturated carbocycles. The minimum absolute atomic E-state index is 0.673. The maximum Gasteiger partial charge on any atom is 0.128 e. The van der Waals surface area contributed by atoms with Gasteiger partial charge in [-0.3, -0.25) is 0 Å². The molecule has 2 aromatic carbocycles. The van der Waals surface area contributed by atoms with E-state index in [9.17, 15) is 0 Å². The fraction of sp³-hybridized carbons (Fsp3) is 0.250. The number of hydrogen-bond acceptors (Lipinski definition) is 3. The zero-order valence-corrected chi connectivity index (χ0v) is 13.2. The van der Waals surface area contributed by atoms with Crippen molar-refractivity contribution in [3.63, 3.8) is 0 Å². The van der Waals surface area contributed by atoms with Gasteiger partial charge in [0.05, 0.1) is 6.61 Å². The molecule has 2 aromatic rings. The molecule has 0 saturated heterocycles. The Hall–Kier alpha value is -1.26. The number of benzene rings is 2. The van der Waals surface area contributed by atoms with Crippen LogP contribution in [0.5, 0.6) is 11.5 Å². The Bertz CT molecular complexity index is 573. The van der Waals surface area contributed by atoms with Crippen LogP contribution in [-0.4, -0.2) is 20.3 Å². The highest BCUT2D eigenvalue weighted by molar-refractivity contribution is 6.31. The highest BCUT2D eigenvalue weighted by atomic mass is 35.5. The Morgan fingerprint density at radius 1 is 1.00 bits per heavy atom. The summed E-state index contributed by atoms with van der Waals surface area (Å²) in [4.78, 5) is 0. The quantitative estimate of drug-likeness (QED) is 0.759.